The molecule has 1 unspecified atom stereocenters. The number of hydrogen-bond donors (Lipinski definition) is 2. The first-order valence-corrected chi connectivity index (χ1v) is 7.56. The molecule has 0 saturated carbocycles. The van der Waals surface area contributed by atoms with Gasteiger partial charge in [-0.1, -0.05) is 0 Å². The maximum atomic E-state index is 13.7. The molecule has 2 N–H and O–H groups in total. The molecule has 0 aliphatic carbocycles. The van der Waals surface area contributed by atoms with Crippen LogP contribution in [0.4, 0.5) is 10.1 Å². The molecule has 1 aliphatic rings. The predicted molar refractivity (Wildman–Crippen MR) is 82.7 cm³/mol. The predicted octanol–water partition coefficient (Wildman–Crippen LogP) is 1.40. The van der Waals surface area contributed by atoms with Crippen LogP contribution in [0.3, 0.4) is 0 Å². The average molecular weight is 324 g/mol. The van der Waals surface area contributed by atoms with E-state index >= 15 is 0 Å². The van der Waals surface area contributed by atoms with Crippen LogP contribution in [0, 0.1) is 5.82 Å². The number of methoxy groups -OCH3 is 1. The third kappa shape index (κ3) is 5.01. The van der Waals surface area contributed by atoms with Gasteiger partial charge in [0.2, 0.25) is 5.91 Å². The lowest BCUT2D eigenvalue weighted by atomic mass is 10.1. The van der Waals surface area contributed by atoms with Gasteiger partial charge in [0.25, 0.3) is 5.91 Å². The molecule has 1 aromatic carbocycles. The second-order valence-electron chi connectivity index (χ2n) is 5.57. The lowest BCUT2D eigenvalue weighted by molar-refractivity contribution is -0.117. The van der Waals surface area contributed by atoms with Crippen molar-refractivity contribution in [3.63, 3.8) is 0 Å². The zero-order valence-electron chi connectivity index (χ0n) is 13.0. The van der Waals surface area contributed by atoms with Gasteiger partial charge in [0, 0.05) is 31.5 Å². The lowest BCUT2D eigenvalue weighted by Gasteiger charge is -2.30. The topological polar surface area (TPSA) is 78.9 Å². The third-order valence-corrected chi connectivity index (χ3v) is 3.65. The Morgan fingerprint density at radius 1 is 1.43 bits per heavy atom. The smallest absolute Gasteiger partial charge is 0.254 e. The van der Waals surface area contributed by atoms with Gasteiger partial charge in [0.1, 0.15) is 5.82 Å². The number of aliphatic hydroxyl groups excluding tert-OH is 1. The summed E-state index contributed by atoms with van der Waals surface area (Å²) >= 11 is 0. The molecule has 1 atom stereocenters. The summed E-state index contributed by atoms with van der Waals surface area (Å²) in [4.78, 5) is 25.6. The monoisotopic (exact) mass is 324 g/mol. The van der Waals surface area contributed by atoms with E-state index in [2.05, 4.69) is 5.32 Å². The normalized spacial score (nSPS) is 17.9. The van der Waals surface area contributed by atoms with Crippen LogP contribution in [-0.4, -0.2) is 54.7 Å². The van der Waals surface area contributed by atoms with E-state index in [4.69, 9.17) is 4.74 Å². The van der Waals surface area contributed by atoms with Crippen molar-refractivity contribution in [1.82, 2.24) is 4.90 Å². The van der Waals surface area contributed by atoms with Crippen LogP contribution < -0.4 is 5.32 Å². The van der Waals surface area contributed by atoms with Gasteiger partial charge in [-0.25, -0.2) is 4.39 Å². The highest BCUT2D eigenvalue weighted by Gasteiger charge is 2.23. The van der Waals surface area contributed by atoms with Crippen molar-refractivity contribution in [2.24, 2.45) is 0 Å². The second-order valence-corrected chi connectivity index (χ2v) is 5.57. The molecule has 1 fully saturated rings. The molecule has 0 spiro atoms. The fourth-order valence-electron chi connectivity index (χ4n) is 2.53. The molecular weight excluding hydrogens is 303 g/mol. The standard InChI is InChI=1S/C16H21FN2O4/c1-23-6-4-15(21)18-13-8-11(7-12(17)9-13)16(22)19-5-2-3-14(20)10-19/h7-9,14,20H,2-6,10H2,1H3,(H,18,21). The first-order valence-electron chi connectivity index (χ1n) is 7.56. The molecule has 126 valence electrons. The highest BCUT2D eigenvalue weighted by Crippen LogP contribution is 2.19. The van der Waals surface area contributed by atoms with E-state index in [0.29, 0.717) is 19.4 Å². The van der Waals surface area contributed by atoms with E-state index in [-0.39, 0.29) is 42.6 Å². The van der Waals surface area contributed by atoms with E-state index < -0.39 is 11.9 Å². The molecule has 0 bridgehead atoms. The maximum Gasteiger partial charge on any atom is 0.254 e. The van der Waals surface area contributed by atoms with Gasteiger partial charge in [-0.15, -0.1) is 0 Å². The quantitative estimate of drug-likeness (QED) is 0.858. The number of hydrogen-bond acceptors (Lipinski definition) is 4. The number of β-amino-alcohol motifs (C(OH)–C–C–N with tert-alkyl or cyclic N) is 1. The number of ether oxygens (including phenoxy) is 1. The summed E-state index contributed by atoms with van der Waals surface area (Å²) in [5.74, 6) is -1.27. The highest BCUT2D eigenvalue weighted by atomic mass is 19.1. The first kappa shape index (κ1) is 17.4. The van der Waals surface area contributed by atoms with Crippen molar-refractivity contribution in [3.8, 4) is 0 Å². The van der Waals surface area contributed by atoms with Crippen molar-refractivity contribution < 1.29 is 23.8 Å². The zero-order chi connectivity index (χ0) is 16.8. The zero-order valence-corrected chi connectivity index (χ0v) is 13.0. The SMILES string of the molecule is COCCC(=O)Nc1cc(F)cc(C(=O)N2CCCC(O)C2)c1. The molecule has 1 saturated heterocycles. The average Bonchev–Trinajstić information content (AvgIpc) is 2.51. The van der Waals surface area contributed by atoms with E-state index in [1.807, 2.05) is 0 Å². The maximum absolute atomic E-state index is 13.7. The number of aliphatic hydroxyl groups is 1. The molecule has 7 heteroatoms. The fourth-order valence-corrected chi connectivity index (χ4v) is 2.53. The number of halogens is 1. The van der Waals surface area contributed by atoms with E-state index in [1.54, 1.807) is 0 Å². The number of carbonyl (C=O) groups excluding carboxylic acids is 2. The Bertz CT molecular complexity index is 579. The van der Waals surface area contributed by atoms with Crippen LogP contribution in [0.2, 0.25) is 0 Å². The number of rotatable bonds is 5. The fraction of sp³-hybridized carbons (Fsp3) is 0.500. The summed E-state index contributed by atoms with van der Waals surface area (Å²) in [6.07, 6.45) is 0.972. The minimum absolute atomic E-state index is 0.147. The van der Waals surface area contributed by atoms with Crippen LogP contribution in [0.5, 0.6) is 0 Å². The van der Waals surface area contributed by atoms with Crippen LogP contribution in [0.15, 0.2) is 18.2 Å². The minimum atomic E-state index is -0.601. The number of piperidine rings is 1. The first-order chi connectivity index (χ1) is 11.0. The number of benzene rings is 1. The van der Waals surface area contributed by atoms with Gasteiger partial charge in [0.05, 0.1) is 19.1 Å². The van der Waals surface area contributed by atoms with Crippen LogP contribution in [0.25, 0.3) is 0 Å². The number of anilines is 1. The third-order valence-electron chi connectivity index (χ3n) is 3.65. The van der Waals surface area contributed by atoms with Gasteiger partial charge < -0.3 is 20.1 Å². The van der Waals surface area contributed by atoms with Crippen LogP contribution in [0.1, 0.15) is 29.6 Å². The van der Waals surface area contributed by atoms with E-state index in [9.17, 15) is 19.1 Å². The molecule has 1 aliphatic heterocycles. The van der Waals surface area contributed by atoms with Gasteiger partial charge in [-0.05, 0) is 31.0 Å². The highest BCUT2D eigenvalue weighted by molar-refractivity contribution is 5.97. The van der Waals surface area contributed by atoms with Crippen LogP contribution >= 0.6 is 0 Å². The Labute approximate surface area is 134 Å². The molecule has 1 aromatic rings. The summed E-state index contributed by atoms with van der Waals surface area (Å²) in [5, 5.41) is 12.2. The Balaban J connectivity index is 2.10. The Morgan fingerprint density at radius 2 is 2.22 bits per heavy atom. The van der Waals surface area contributed by atoms with Gasteiger partial charge in [-0.2, -0.15) is 0 Å². The molecule has 1 heterocycles. The van der Waals surface area contributed by atoms with Crippen LogP contribution in [-0.2, 0) is 9.53 Å². The second kappa shape index (κ2) is 8.03. The van der Waals surface area contributed by atoms with Gasteiger partial charge in [-0.3, -0.25) is 9.59 Å². The van der Waals surface area contributed by atoms with Gasteiger partial charge in [0.15, 0.2) is 0 Å². The minimum Gasteiger partial charge on any atom is -0.391 e. The summed E-state index contributed by atoms with van der Waals surface area (Å²) in [6.45, 7) is 1.03. The molecule has 0 aromatic heterocycles. The van der Waals surface area contributed by atoms with Crippen molar-refractivity contribution in [2.75, 3.05) is 32.1 Å². The summed E-state index contributed by atoms with van der Waals surface area (Å²) in [5.41, 5.74) is 0.383. The van der Waals surface area contributed by atoms with E-state index in [0.717, 1.165) is 12.1 Å². The lowest BCUT2D eigenvalue weighted by Crippen LogP contribution is -2.42. The number of nitrogens with one attached hydrogen (secondary N) is 1. The van der Waals surface area contributed by atoms with Gasteiger partial charge >= 0.3 is 0 Å². The molecular formula is C16H21FN2O4. The molecule has 23 heavy (non-hydrogen) atoms. The summed E-state index contributed by atoms with van der Waals surface area (Å²) in [6, 6.07) is 3.73. The number of amides is 2. The molecule has 6 nitrogen and oxygen atoms in total. The number of carbonyl (C=O) groups is 2. The summed E-state index contributed by atoms with van der Waals surface area (Å²) < 4.78 is 18.5. The van der Waals surface area contributed by atoms with E-state index in [1.165, 1.54) is 18.1 Å². The Morgan fingerprint density at radius 3 is 2.91 bits per heavy atom. The van der Waals surface area contributed by atoms with Crippen molar-refractivity contribution in [3.05, 3.63) is 29.6 Å². The molecule has 2 amide bonds. The Hall–Kier alpha value is -1.99. The molecule has 0 radical (unpaired) electrons. The van der Waals surface area contributed by atoms with Crippen molar-refractivity contribution >= 4 is 17.5 Å². The van der Waals surface area contributed by atoms with Crippen molar-refractivity contribution in [1.29, 1.82) is 0 Å². The summed E-state index contributed by atoms with van der Waals surface area (Å²) in [7, 11) is 1.49. The number of nitrogens with zero attached hydrogens (tertiary/aromatic N) is 1. The number of likely N-dealkylation sites (tertiary alicyclic amines) is 1. The Kier molecular flexibility index (Phi) is 6.06. The largest absolute Gasteiger partial charge is 0.391 e. The van der Waals surface area contributed by atoms with Crippen molar-refractivity contribution in [2.45, 2.75) is 25.4 Å². The molecule has 2 rings (SSSR count).